The molecule has 6 aromatic rings. The summed E-state index contributed by atoms with van der Waals surface area (Å²) in [5.41, 5.74) is 10.4. The zero-order valence-corrected chi connectivity index (χ0v) is 60.0. The van der Waals surface area contributed by atoms with Crippen LogP contribution in [0.15, 0.2) is 119 Å². The van der Waals surface area contributed by atoms with Crippen molar-refractivity contribution in [1.82, 2.24) is 50.3 Å². The van der Waals surface area contributed by atoms with E-state index in [0.29, 0.717) is 6.61 Å². The summed E-state index contributed by atoms with van der Waals surface area (Å²) < 4.78 is 6.88. The molecule has 2 radical (unpaired) electrons. The van der Waals surface area contributed by atoms with E-state index in [9.17, 15) is 4.79 Å². The van der Waals surface area contributed by atoms with E-state index in [-0.39, 0.29) is 103 Å². The predicted octanol–water partition coefficient (Wildman–Crippen LogP) is 5.04. The average Bonchev–Trinajstić information content (AvgIpc) is 3.22. The molecule has 0 unspecified atom stereocenters. The molecule has 6 aromatic heterocycles. The summed E-state index contributed by atoms with van der Waals surface area (Å²) in [6, 6.07) is 24.7. The van der Waals surface area contributed by atoms with E-state index in [1.807, 2.05) is 56.0 Å². The van der Waals surface area contributed by atoms with E-state index in [1.165, 1.54) is 29.2 Å². The molecule has 11 heterocycles. The molecule has 88 heavy (non-hydrogen) atoms. The fraction of sp³-hybridized carbons (Fsp3) is 0.459. The number of halogens is 2. The van der Waals surface area contributed by atoms with Crippen molar-refractivity contribution in [3.8, 4) is 34.2 Å². The van der Waals surface area contributed by atoms with Crippen LogP contribution in [0.3, 0.4) is 0 Å². The summed E-state index contributed by atoms with van der Waals surface area (Å²) in [5, 5.41) is 25.2. The molecule has 5 saturated heterocycles. The molecule has 0 atom stereocenters. The van der Waals surface area contributed by atoms with Crippen LogP contribution in [0, 0.1) is 6.92 Å². The van der Waals surface area contributed by atoms with E-state index in [1.54, 1.807) is 24.2 Å². The van der Waals surface area contributed by atoms with Gasteiger partial charge in [0.2, 0.25) is 0 Å². The fourth-order valence-corrected chi connectivity index (χ4v) is 10.1. The number of carbonyl (C=O) groups is 1. The van der Waals surface area contributed by atoms with Gasteiger partial charge in [0.25, 0.3) is 0 Å². The molecule has 5 fully saturated rings. The summed E-state index contributed by atoms with van der Waals surface area (Å²) in [4.78, 5) is 68.0. The van der Waals surface area contributed by atoms with E-state index >= 15 is 0 Å². The molecular formula is C61H86Br2Co2KN15O7-2. The van der Waals surface area contributed by atoms with Crippen molar-refractivity contribution in [2.75, 3.05) is 165 Å². The number of nitrogens with one attached hydrogen (secondary N) is 2. The number of piperidine rings is 1. The number of ether oxygens (including phenoxy) is 1. The molecule has 5 aliphatic rings. The van der Waals surface area contributed by atoms with Gasteiger partial charge < -0.3 is 72.7 Å². The number of amides is 1. The summed E-state index contributed by atoms with van der Waals surface area (Å²) in [5.74, 6) is 0. The molecule has 11 rings (SSSR count). The normalized spacial score (nSPS) is 14.9. The van der Waals surface area contributed by atoms with Crippen LogP contribution < -0.4 is 81.6 Å². The molecule has 0 saturated carbocycles. The first-order chi connectivity index (χ1) is 41.2. The molecule has 5 aliphatic heterocycles. The number of rotatable bonds is 9. The van der Waals surface area contributed by atoms with E-state index in [2.05, 4.69) is 165 Å². The van der Waals surface area contributed by atoms with Crippen molar-refractivity contribution in [3.63, 3.8) is 0 Å². The van der Waals surface area contributed by atoms with Crippen molar-refractivity contribution < 1.29 is 120 Å². The number of likely N-dealkylation sites (N-methyl/N-ethyl adjacent to an activating group) is 1. The molecule has 0 spiro atoms. The zero-order chi connectivity index (χ0) is 60.7. The Morgan fingerprint density at radius 3 is 1.15 bits per heavy atom. The minimum Gasteiger partial charge on any atom is -0.870 e. The molecule has 27 heteroatoms. The second kappa shape index (κ2) is 50.7. The average molecular weight is 1460 g/mol. The minimum absolute atomic E-state index is 0. The summed E-state index contributed by atoms with van der Waals surface area (Å²) in [7, 11) is 2.00. The fourth-order valence-electron chi connectivity index (χ4n) is 9.44. The first kappa shape index (κ1) is 84.1. The molecule has 0 aromatic carbocycles. The van der Waals surface area contributed by atoms with Gasteiger partial charge in [0.05, 0.1) is 40.8 Å². The van der Waals surface area contributed by atoms with Gasteiger partial charge in [-0.25, -0.2) is 4.79 Å². The largest absolute Gasteiger partial charge is 1.00 e. The second-order valence-corrected chi connectivity index (χ2v) is 20.5. The number of anilines is 4. The number of aliphatic hydroxyl groups excluding tert-OH is 2. The number of carbonyl (C=O) groups excluding carboxylic acids is 3. The Labute approximate surface area is 601 Å². The number of aliphatic hydroxyl groups is 2. The topological polar surface area (TPSA) is 266 Å². The molecule has 0 aliphatic carbocycles. The van der Waals surface area contributed by atoms with Crippen molar-refractivity contribution in [2.24, 2.45) is 0 Å². The van der Waals surface area contributed by atoms with E-state index in [4.69, 9.17) is 24.5 Å². The third kappa shape index (κ3) is 29.6. The van der Waals surface area contributed by atoms with Crippen LogP contribution in [-0.4, -0.2) is 213 Å². The Balaban J connectivity index is 0.00000113. The Morgan fingerprint density at radius 2 is 0.830 bits per heavy atom. The van der Waals surface area contributed by atoms with Crippen LogP contribution in [0.2, 0.25) is 0 Å². The van der Waals surface area contributed by atoms with Crippen LogP contribution in [0.5, 0.6) is 0 Å². The first-order valence-corrected chi connectivity index (χ1v) is 30.2. The van der Waals surface area contributed by atoms with Crippen molar-refractivity contribution >= 4 is 66.9 Å². The van der Waals surface area contributed by atoms with Gasteiger partial charge in [0.1, 0.15) is 0 Å². The van der Waals surface area contributed by atoms with E-state index in [0.717, 1.165) is 195 Å². The first-order valence-electron chi connectivity index (χ1n) is 28.6. The van der Waals surface area contributed by atoms with Crippen molar-refractivity contribution in [1.29, 1.82) is 0 Å². The standard InChI is InChI=1S/C20H27N6.C18H24N6.C10H6Br2N2.C8H15NO2.C2H5.CO2.2CH4O.2Co.K.H2O/c1-2-24-11-13-26(14-12-24)18-4-6-23-20(16-18)19-15-17(3-5-22-19)25-9-7-21-8-10-25;1-3-21-17(13-15(1)23-9-5-19-6-10-23)18-14-16(2-4-22-18)24-11-7-20-8-12-24;11-7-1-3-13-9(5-7)10-6-8(12)2-4-14-10;1-2-11-8(10)9-6-4-3-5-7-9;1-2;2-1-3;2*1-2;;;;/h3-6,15-16H,2,7-14H2,1H3;1-4,13-14,19-20H,5-12H2;1-6H;2-7H2,1H3;1H2,2H3;;2*2H,1H3;;;;1H2/q-1;;;;-1;;;;;;+1;/p-1. The number of nitrogens with zero attached hydrogens (tertiary/aromatic N) is 13. The molecule has 0 bridgehead atoms. The van der Waals surface area contributed by atoms with Gasteiger partial charge in [0.15, 0.2) is 0 Å². The maximum absolute atomic E-state index is 11.1. The third-order valence-electron chi connectivity index (χ3n) is 13.7. The van der Waals surface area contributed by atoms with Crippen LogP contribution >= 0.6 is 31.9 Å². The van der Waals surface area contributed by atoms with Gasteiger partial charge in [-0.1, -0.05) is 38.8 Å². The minimum atomic E-state index is -0.146. The van der Waals surface area contributed by atoms with Gasteiger partial charge in [-0.2, -0.15) is 16.5 Å². The number of hydrogen-bond acceptors (Lipinski definition) is 20. The van der Waals surface area contributed by atoms with Gasteiger partial charge in [-0.15, -0.1) is 13.1 Å². The monoisotopic (exact) mass is 1460 g/mol. The summed E-state index contributed by atoms with van der Waals surface area (Å²) in [6.07, 6.45) is 14.7. The van der Waals surface area contributed by atoms with Crippen LogP contribution in [0.1, 0.15) is 40.0 Å². The molecule has 1 amide bonds. The number of aromatic nitrogens is 6. The smallest absolute Gasteiger partial charge is 0.870 e. The van der Waals surface area contributed by atoms with Crippen LogP contribution in [0.25, 0.3) is 39.5 Å². The summed E-state index contributed by atoms with van der Waals surface area (Å²) in [6.45, 7) is 28.9. The predicted molar refractivity (Wildman–Crippen MR) is 344 cm³/mol. The maximum atomic E-state index is 11.1. The second-order valence-electron chi connectivity index (χ2n) is 18.7. The van der Waals surface area contributed by atoms with Crippen LogP contribution in [-0.2, 0) is 47.9 Å². The van der Waals surface area contributed by atoms with Crippen molar-refractivity contribution in [2.45, 2.75) is 40.0 Å². The number of pyridine rings is 6. The Hall–Kier alpha value is -3.92. The molecule has 5 N–H and O–H groups in total. The van der Waals surface area contributed by atoms with Gasteiger partial charge >= 0.3 is 63.6 Å². The third-order valence-corrected chi connectivity index (χ3v) is 14.6. The Kier molecular flexibility index (Phi) is 48.4. The van der Waals surface area contributed by atoms with Crippen molar-refractivity contribution in [3.05, 3.63) is 131 Å². The molecule has 482 valence electrons. The van der Waals surface area contributed by atoms with Crippen LogP contribution in [0.4, 0.5) is 27.5 Å². The quantitative estimate of drug-likeness (QED) is 0.109. The summed E-state index contributed by atoms with van der Waals surface area (Å²) >= 11 is 6.80. The number of piperazine rings is 4. The molecule has 22 nitrogen and oxygen atoms in total. The number of likely N-dealkylation sites (tertiary alicyclic amines) is 1. The maximum Gasteiger partial charge on any atom is 1.00 e. The van der Waals surface area contributed by atoms with Gasteiger partial charge in [-0.05, 0) is 119 Å². The SMILES string of the molecule is Brc1ccnc(-c2cc(Br)ccn2)c1.CCN1CCN(c2ccnc(-c3cc(N4CC[N-]CC4)ccn3)c2)CC1.CCOC(=O)N1CCCCC1.CO.CO.O=C=O.[CH2-]C.[Co].[Co].[K+].[OH-].c1cc(N2CCNCC2)cc(-c2cc(N3CCNCC3)ccn2)n1. The Morgan fingerprint density at radius 1 is 0.523 bits per heavy atom. The van der Waals surface area contributed by atoms with E-state index < -0.39 is 0 Å². The van der Waals surface area contributed by atoms with Gasteiger partial charge in [-0.3, -0.25) is 29.9 Å². The molecular weight excluding hydrogens is 1370 g/mol. The Bertz CT molecular complexity index is 2710. The van der Waals surface area contributed by atoms with Gasteiger partial charge in [0, 0.05) is 208 Å². The zero-order valence-electron chi connectivity index (χ0n) is 51.6. The number of hydrogen-bond donors (Lipinski definition) is 4.